The normalized spacial score (nSPS) is 20.0. The van der Waals surface area contributed by atoms with E-state index in [0.717, 1.165) is 30.2 Å². The first-order valence-corrected chi connectivity index (χ1v) is 9.53. The van der Waals surface area contributed by atoms with E-state index in [9.17, 15) is 0 Å². The van der Waals surface area contributed by atoms with Gasteiger partial charge in [-0.1, -0.05) is 19.1 Å². The Morgan fingerprint density at radius 1 is 1.23 bits per heavy atom. The largest absolute Gasteiger partial charge is 0.494 e. The molecule has 2 aliphatic heterocycles. The zero-order valence-electron chi connectivity index (χ0n) is 15.9. The molecule has 1 atom stereocenters. The molecule has 0 amide bonds. The zero-order valence-corrected chi connectivity index (χ0v) is 15.9. The third-order valence-corrected chi connectivity index (χ3v) is 5.94. The van der Waals surface area contributed by atoms with Crippen molar-refractivity contribution < 1.29 is 4.74 Å². The number of imidazole rings is 1. The lowest BCUT2D eigenvalue weighted by atomic mass is 9.78. The fourth-order valence-electron chi connectivity index (χ4n) is 4.83. The van der Waals surface area contributed by atoms with Gasteiger partial charge < -0.3 is 14.2 Å². The Bertz CT molecular complexity index is 1020. The van der Waals surface area contributed by atoms with Crippen molar-refractivity contribution in [3.8, 4) is 17.1 Å². The molecule has 0 saturated carbocycles. The van der Waals surface area contributed by atoms with Gasteiger partial charge >= 0.3 is 0 Å². The summed E-state index contributed by atoms with van der Waals surface area (Å²) in [6.07, 6.45) is 1.14. The number of hydrogen-bond donors (Lipinski definition) is 0. The number of para-hydroxylation sites is 2. The van der Waals surface area contributed by atoms with E-state index in [2.05, 4.69) is 66.6 Å². The van der Waals surface area contributed by atoms with Crippen LogP contribution in [-0.2, 0) is 6.67 Å². The van der Waals surface area contributed by atoms with Crippen LogP contribution in [0.5, 0.6) is 5.75 Å². The van der Waals surface area contributed by atoms with Gasteiger partial charge in [0, 0.05) is 11.1 Å². The van der Waals surface area contributed by atoms with E-state index in [0.29, 0.717) is 12.5 Å². The molecule has 134 valence electrons. The van der Waals surface area contributed by atoms with Gasteiger partial charge in [0.05, 0.1) is 30.0 Å². The molecular weight excluding hydrogens is 322 g/mol. The van der Waals surface area contributed by atoms with E-state index in [1.54, 1.807) is 0 Å². The van der Waals surface area contributed by atoms with Crippen molar-refractivity contribution in [2.75, 3.05) is 11.5 Å². The molecule has 5 rings (SSSR count). The van der Waals surface area contributed by atoms with E-state index in [1.807, 2.05) is 6.92 Å². The number of aromatic nitrogens is 2. The summed E-state index contributed by atoms with van der Waals surface area (Å²) in [5.74, 6) is 2.52. The average Bonchev–Trinajstić information content (AvgIpc) is 2.98. The lowest BCUT2D eigenvalue weighted by Gasteiger charge is -2.50. The van der Waals surface area contributed by atoms with Gasteiger partial charge in [-0.25, -0.2) is 4.98 Å². The molecule has 0 bridgehead atoms. The molecule has 3 heterocycles. The van der Waals surface area contributed by atoms with Crippen LogP contribution in [0.3, 0.4) is 0 Å². The minimum absolute atomic E-state index is 0.108. The Morgan fingerprint density at radius 2 is 2.04 bits per heavy atom. The standard InChI is InChI=1S/C22H25N3O/c1-5-26-15-10-16-14(2)12-22(3,4)25-13-24-19-9-7-6-8-18(19)23-21(24)17(11-15)20(16)25/h6-11,14H,5,12-13H2,1-4H3. The lowest BCUT2D eigenvalue weighted by Crippen LogP contribution is -2.50. The summed E-state index contributed by atoms with van der Waals surface area (Å²) >= 11 is 0. The number of benzene rings is 2. The Balaban J connectivity index is 1.85. The number of hydrogen-bond acceptors (Lipinski definition) is 3. The van der Waals surface area contributed by atoms with Gasteiger partial charge in [-0.3, -0.25) is 0 Å². The van der Waals surface area contributed by atoms with Gasteiger partial charge in [-0.15, -0.1) is 0 Å². The molecular formula is C22H25N3O. The van der Waals surface area contributed by atoms with Crippen molar-refractivity contribution in [3.63, 3.8) is 0 Å². The van der Waals surface area contributed by atoms with Gasteiger partial charge in [0.1, 0.15) is 11.6 Å². The molecule has 0 spiro atoms. The molecule has 4 nitrogen and oxygen atoms in total. The van der Waals surface area contributed by atoms with Crippen molar-refractivity contribution in [2.45, 2.75) is 52.2 Å². The molecule has 4 heteroatoms. The van der Waals surface area contributed by atoms with E-state index < -0.39 is 0 Å². The number of ether oxygens (including phenoxy) is 1. The molecule has 0 fully saturated rings. The Morgan fingerprint density at radius 3 is 2.85 bits per heavy atom. The summed E-state index contributed by atoms with van der Waals surface area (Å²) in [4.78, 5) is 7.55. The summed E-state index contributed by atoms with van der Waals surface area (Å²) in [7, 11) is 0. The van der Waals surface area contributed by atoms with Crippen LogP contribution in [0.2, 0.25) is 0 Å². The molecule has 2 aliphatic rings. The van der Waals surface area contributed by atoms with Gasteiger partial charge in [-0.05, 0) is 62.9 Å². The van der Waals surface area contributed by atoms with E-state index >= 15 is 0 Å². The van der Waals surface area contributed by atoms with E-state index in [-0.39, 0.29) is 5.54 Å². The van der Waals surface area contributed by atoms with Crippen LogP contribution in [0.25, 0.3) is 22.4 Å². The van der Waals surface area contributed by atoms with Crippen LogP contribution in [0.15, 0.2) is 36.4 Å². The second kappa shape index (κ2) is 5.26. The second-order valence-corrected chi connectivity index (χ2v) is 8.18. The fourth-order valence-corrected chi connectivity index (χ4v) is 4.83. The van der Waals surface area contributed by atoms with Gasteiger partial charge in [0.15, 0.2) is 0 Å². The Labute approximate surface area is 154 Å². The molecule has 0 saturated heterocycles. The van der Waals surface area contributed by atoms with Crippen LogP contribution < -0.4 is 9.64 Å². The van der Waals surface area contributed by atoms with Crippen molar-refractivity contribution in [3.05, 3.63) is 42.0 Å². The highest BCUT2D eigenvalue weighted by Gasteiger charge is 2.41. The quantitative estimate of drug-likeness (QED) is 0.641. The molecule has 26 heavy (non-hydrogen) atoms. The molecule has 2 aromatic carbocycles. The first kappa shape index (κ1) is 15.7. The summed E-state index contributed by atoms with van der Waals surface area (Å²) in [6.45, 7) is 10.6. The topological polar surface area (TPSA) is 30.3 Å². The Kier molecular flexibility index (Phi) is 3.18. The van der Waals surface area contributed by atoms with E-state index in [4.69, 9.17) is 9.72 Å². The molecule has 1 unspecified atom stereocenters. The van der Waals surface area contributed by atoms with Crippen LogP contribution in [0.4, 0.5) is 5.69 Å². The first-order chi connectivity index (χ1) is 12.5. The Hall–Kier alpha value is -2.49. The van der Waals surface area contributed by atoms with Gasteiger partial charge in [-0.2, -0.15) is 0 Å². The molecule has 1 aromatic heterocycles. The molecule has 3 aromatic rings. The zero-order chi connectivity index (χ0) is 18.1. The summed E-state index contributed by atoms with van der Waals surface area (Å²) in [5.41, 5.74) is 6.31. The fraction of sp³-hybridized carbons (Fsp3) is 0.409. The van der Waals surface area contributed by atoms with Crippen molar-refractivity contribution in [1.29, 1.82) is 0 Å². The minimum atomic E-state index is 0.108. The maximum Gasteiger partial charge on any atom is 0.144 e. The third-order valence-electron chi connectivity index (χ3n) is 5.94. The predicted octanol–water partition coefficient (Wildman–Crippen LogP) is 5.17. The SMILES string of the molecule is CCOc1cc2c3c(c1)C(C)CC(C)(C)N3Cn1c-2nc2ccccc21. The number of fused-ring (bicyclic) bond motifs is 4. The van der Waals surface area contributed by atoms with Crippen LogP contribution in [0, 0.1) is 0 Å². The minimum Gasteiger partial charge on any atom is -0.494 e. The predicted molar refractivity (Wildman–Crippen MR) is 106 cm³/mol. The average molecular weight is 347 g/mol. The smallest absolute Gasteiger partial charge is 0.144 e. The molecule has 0 N–H and O–H groups in total. The molecule has 0 aliphatic carbocycles. The van der Waals surface area contributed by atoms with Crippen molar-refractivity contribution >= 4 is 16.7 Å². The maximum absolute atomic E-state index is 5.91. The van der Waals surface area contributed by atoms with E-state index in [1.165, 1.54) is 22.3 Å². The molecule has 0 radical (unpaired) electrons. The highest BCUT2D eigenvalue weighted by Crippen LogP contribution is 2.52. The van der Waals surface area contributed by atoms with Crippen LogP contribution in [0.1, 0.15) is 45.6 Å². The maximum atomic E-state index is 5.91. The van der Waals surface area contributed by atoms with Crippen molar-refractivity contribution in [2.24, 2.45) is 0 Å². The number of nitrogens with zero attached hydrogens (tertiary/aromatic N) is 3. The number of rotatable bonds is 2. The van der Waals surface area contributed by atoms with Gasteiger partial charge in [0.2, 0.25) is 0 Å². The third kappa shape index (κ3) is 2.05. The number of anilines is 1. The van der Waals surface area contributed by atoms with Crippen molar-refractivity contribution in [1.82, 2.24) is 9.55 Å². The first-order valence-electron chi connectivity index (χ1n) is 9.53. The highest BCUT2D eigenvalue weighted by atomic mass is 16.5. The monoisotopic (exact) mass is 347 g/mol. The summed E-state index contributed by atoms with van der Waals surface area (Å²) in [5, 5.41) is 0. The lowest BCUT2D eigenvalue weighted by molar-refractivity contribution is 0.332. The summed E-state index contributed by atoms with van der Waals surface area (Å²) < 4.78 is 8.26. The van der Waals surface area contributed by atoms with Crippen LogP contribution in [-0.4, -0.2) is 21.7 Å². The highest BCUT2D eigenvalue weighted by molar-refractivity contribution is 5.89. The van der Waals surface area contributed by atoms with Crippen LogP contribution >= 0.6 is 0 Å². The van der Waals surface area contributed by atoms with Gasteiger partial charge in [0.25, 0.3) is 0 Å². The summed E-state index contributed by atoms with van der Waals surface area (Å²) in [6, 6.07) is 12.9. The second-order valence-electron chi connectivity index (χ2n) is 8.18.